The van der Waals surface area contributed by atoms with Gasteiger partial charge in [-0.1, -0.05) is 18.2 Å². The fourth-order valence-corrected chi connectivity index (χ4v) is 3.85. The highest BCUT2D eigenvalue weighted by Gasteiger charge is 2.15. The molecule has 5 nitrogen and oxygen atoms in total. The number of hydrogen-bond donors (Lipinski definition) is 2. The van der Waals surface area contributed by atoms with E-state index in [4.69, 9.17) is 9.47 Å². The van der Waals surface area contributed by atoms with Crippen molar-refractivity contribution in [2.75, 3.05) is 12.1 Å². The zero-order valence-electron chi connectivity index (χ0n) is 16.9. The van der Waals surface area contributed by atoms with E-state index in [-0.39, 0.29) is 12.7 Å². The Labute approximate surface area is 174 Å². The summed E-state index contributed by atoms with van der Waals surface area (Å²) in [4.78, 5) is 16.2. The molecule has 30 heavy (non-hydrogen) atoms. The van der Waals surface area contributed by atoms with Gasteiger partial charge < -0.3 is 19.8 Å². The molecule has 0 bridgehead atoms. The summed E-state index contributed by atoms with van der Waals surface area (Å²) < 4.78 is 10.7. The number of amides is 1. The lowest BCUT2D eigenvalue weighted by Crippen LogP contribution is -2.12. The zero-order chi connectivity index (χ0) is 20.7. The van der Waals surface area contributed by atoms with Gasteiger partial charge in [-0.3, -0.25) is 4.79 Å². The maximum absolute atomic E-state index is 12.8. The third kappa shape index (κ3) is 3.39. The Kier molecular flexibility index (Phi) is 4.43. The SMILES string of the molecule is Cc1[nH]c2ccc(Cc3cccc(C(=O)Nc4ccc5c(c4)OCO5)c3)cc2c1C. The van der Waals surface area contributed by atoms with Crippen molar-refractivity contribution >= 4 is 22.5 Å². The van der Waals surface area contributed by atoms with Gasteiger partial charge in [-0.2, -0.15) is 0 Å². The van der Waals surface area contributed by atoms with Gasteiger partial charge in [0.2, 0.25) is 6.79 Å². The van der Waals surface area contributed by atoms with Crippen LogP contribution in [0.1, 0.15) is 32.7 Å². The van der Waals surface area contributed by atoms with E-state index in [9.17, 15) is 4.79 Å². The molecule has 0 saturated carbocycles. The highest BCUT2D eigenvalue weighted by molar-refractivity contribution is 6.04. The molecule has 0 fully saturated rings. The smallest absolute Gasteiger partial charge is 0.255 e. The minimum Gasteiger partial charge on any atom is -0.454 e. The average Bonchev–Trinajstić information content (AvgIpc) is 3.32. The maximum atomic E-state index is 12.8. The second-order valence-corrected chi connectivity index (χ2v) is 7.65. The Hall–Kier alpha value is -3.73. The molecule has 0 saturated heterocycles. The number of aryl methyl sites for hydroxylation is 2. The first-order valence-electron chi connectivity index (χ1n) is 9.94. The predicted molar refractivity (Wildman–Crippen MR) is 118 cm³/mol. The van der Waals surface area contributed by atoms with Gasteiger partial charge >= 0.3 is 0 Å². The first-order valence-corrected chi connectivity index (χ1v) is 9.94. The van der Waals surface area contributed by atoms with Crippen molar-refractivity contribution in [3.05, 3.63) is 88.6 Å². The standard InChI is InChI=1S/C25H22N2O3/c1-15-16(2)26-22-8-6-18(12-21(15)22)10-17-4-3-5-19(11-17)25(28)27-20-7-9-23-24(13-20)30-14-29-23/h3-9,11-13,26H,10,14H2,1-2H3,(H,27,28). The number of benzene rings is 3. The largest absolute Gasteiger partial charge is 0.454 e. The molecule has 5 rings (SSSR count). The Balaban J connectivity index is 1.35. The summed E-state index contributed by atoms with van der Waals surface area (Å²) in [5, 5.41) is 4.19. The fourth-order valence-electron chi connectivity index (χ4n) is 3.85. The Morgan fingerprint density at radius 3 is 2.70 bits per heavy atom. The lowest BCUT2D eigenvalue weighted by molar-refractivity contribution is 0.102. The Morgan fingerprint density at radius 1 is 0.967 bits per heavy atom. The van der Waals surface area contributed by atoms with Crippen molar-refractivity contribution in [3.8, 4) is 11.5 Å². The molecule has 150 valence electrons. The molecular weight excluding hydrogens is 376 g/mol. The van der Waals surface area contributed by atoms with E-state index in [1.54, 1.807) is 12.1 Å². The number of carbonyl (C=O) groups is 1. The van der Waals surface area contributed by atoms with Gasteiger partial charge in [-0.05, 0) is 73.4 Å². The van der Waals surface area contributed by atoms with E-state index in [0.717, 1.165) is 17.5 Å². The molecule has 1 aliphatic heterocycles. The molecule has 0 atom stereocenters. The zero-order valence-corrected chi connectivity index (χ0v) is 16.9. The second kappa shape index (κ2) is 7.26. The fraction of sp³-hybridized carbons (Fsp3) is 0.160. The molecule has 2 N–H and O–H groups in total. The highest BCUT2D eigenvalue weighted by Crippen LogP contribution is 2.34. The van der Waals surface area contributed by atoms with Gasteiger partial charge in [-0.25, -0.2) is 0 Å². The molecule has 2 heterocycles. The van der Waals surface area contributed by atoms with Crippen LogP contribution in [-0.2, 0) is 6.42 Å². The minimum atomic E-state index is -0.150. The first kappa shape index (κ1) is 18.3. The van der Waals surface area contributed by atoms with E-state index in [1.807, 2.05) is 24.3 Å². The molecule has 1 aromatic heterocycles. The molecule has 1 aliphatic rings. The van der Waals surface area contributed by atoms with Crippen LogP contribution >= 0.6 is 0 Å². The third-order valence-corrected chi connectivity index (χ3v) is 5.60. The quantitative estimate of drug-likeness (QED) is 0.487. The molecule has 0 radical (unpaired) electrons. The molecular formula is C25H22N2O3. The van der Waals surface area contributed by atoms with E-state index >= 15 is 0 Å². The van der Waals surface area contributed by atoms with Crippen molar-refractivity contribution in [2.45, 2.75) is 20.3 Å². The van der Waals surface area contributed by atoms with Crippen LogP contribution in [-0.4, -0.2) is 17.7 Å². The lowest BCUT2D eigenvalue weighted by Gasteiger charge is -2.08. The van der Waals surface area contributed by atoms with Crippen molar-refractivity contribution < 1.29 is 14.3 Å². The van der Waals surface area contributed by atoms with Crippen LogP contribution < -0.4 is 14.8 Å². The second-order valence-electron chi connectivity index (χ2n) is 7.65. The summed E-state index contributed by atoms with van der Waals surface area (Å²) >= 11 is 0. The van der Waals surface area contributed by atoms with Gasteiger partial charge in [0.15, 0.2) is 11.5 Å². The van der Waals surface area contributed by atoms with Gasteiger partial charge in [0.25, 0.3) is 5.91 Å². The summed E-state index contributed by atoms with van der Waals surface area (Å²) in [6.07, 6.45) is 0.769. The van der Waals surface area contributed by atoms with Gasteiger partial charge in [0.05, 0.1) is 0 Å². The van der Waals surface area contributed by atoms with E-state index < -0.39 is 0 Å². The van der Waals surface area contributed by atoms with Gasteiger partial charge in [0, 0.05) is 33.9 Å². The highest BCUT2D eigenvalue weighted by atomic mass is 16.7. The van der Waals surface area contributed by atoms with E-state index in [1.165, 1.54) is 22.2 Å². The van der Waals surface area contributed by atoms with Crippen LogP contribution in [0, 0.1) is 13.8 Å². The third-order valence-electron chi connectivity index (χ3n) is 5.60. The van der Waals surface area contributed by atoms with Crippen LogP contribution in [0.4, 0.5) is 5.69 Å². The molecule has 0 unspecified atom stereocenters. The summed E-state index contributed by atoms with van der Waals surface area (Å²) in [6, 6.07) is 19.6. The lowest BCUT2D eigenvalue weighted by atomic mass is 10.0. The number of aromatic amines is 1. The average molecular weight is 398 g/mol. The van der Waals surface area contributed by atoms with Crippen molar-refractivity contribution in [3.63, 3.8) is 0 Å². The number of ether oxygens (including phenoxy) is 2. The number of nitrogens with one attached hydrogen (secondary N) is 2. The van der Waals surface area contributed by atoms with Crippen molar-refractivity contribution in [1.82, 2.24) is 4.98 Å². The number of rotatable bonds is 4. The van der Waals surface area contributed by atoms with Crippen LogP contribution in [0.5, 0.6) is 11.5 Å². The molecule has 3 aromatic carbocycles. The number of hydrogen-bond acceptors (Lipinski definition) is 3. The van der Waals surface area contributed by atoms with Crippen LogP contribution in [0.15, 0.2) is 60.7 Å². The van der Waals surface area contributed by atoms with Crippen LogP contribution in [0.3, 0.4) is 0 Å². The normalized spacial score (nSPS) is 12.3. The van der Waals surface area contributed by atoms with Gasteiger partial charge in [-0.15, -0.1) is 0 Å². The summed E-state index contributed by atoms with van der Waals surface area (Å²) in [5.74, 6) is 1.19. The number of carbonyl (C=O) groups excluding carboxylic acids is 1. The monoisotopic (exact) mass is 398 g/mol. The van der Waals surface area contributed by atoms with Crippen LogP contribution in [0.2, 0.25) is 0 Å². The first-order chi connectivity index (χ1) is 14.6. The minimum absolute atomic E-state index is 0.150. The summed E-state index contributed by atoms with van der Waals surface area (Å²) in [5.41, 5.74) is 7.26. The van der Waals surface area contributed by atoms with Crippen LogP contribution in [0.25, 0.3) is 10.9 Å². The molecule has 0 spiro atoms. The molecule has 4 aromatic rings. The Morgan fingerprint density at radius 2 is 1.80 bits per heavy atom. The molecule has 5 heteroatoms. The van der Waals surface area contributed by atoms with E-state index in [2.05, 4.69) is 48.4 Å². The van der Waals surface area contributed by atoms with Crippen molar-refractivity contribution in [1.29, 1.82) is 0 Å². The van der Waals surface area contributed by atoms with E-state index in [0.29, 0.717) is 22.7 Å². The summed E-state index contributed by atoms with van der Waals surface area (Å²) in [7, 11) is 0. The summed E-state index contributed by atoms with van der Waals surface area (Å²) in [6.45, 7) is 4.44. The Bertz CT molecular complexity index is 1270. The molecule has 0 aliphatic carbocycles. The number of fused-ring (bicyclic) bond motifs is 2. The number of H-pyrrole nitrogens is 1. The topological polar surface area (TPSA) is 63.4 Å². The van der Waals surface area contributed by atoms with Gasteiger partial charge in [0.1, 0.15) is 0 Å². The number of aromatic nitrogens is 1. The van der Waals surface area contributed by atoms with Crippen molar-refractivity contribution in [2.24, 2.45) is 0 Å². The maximum Gasteiger partial charge on any atom is 0.255 e. The molecule has 1 amide bonds. The number of anilines is 1. The predicted octanol–water partition coefficient (Wildman–Crippen LogP) is 5.36.